The Balaban J connectivity index is 2.52. The lowest BCUT2D eigenvalue weighted by Crippen LogP contribution is -2.45. The zero-order chi connectivity index (χ0) is 11.3. The molecule has 1 rings (SSSR count). The molecule has 0 spiro atoms. The van der Waals surface area contributed by atoms with Crippen LogP contribution in [0.25, 0.3) is 0 Å². The Hall–Kier alpha value is -0.210. The van der Waals surface area contributed by atoms with Crippen molar-refractivity contribution in [1.29, 1.82) is 0 Å². The maximum Gasteiger partial charge on any atom is 0.279 e. The topological polar surface area (TPSA) is 78.9 Å². The minimum absolute atomic E-state index is 0.120. The number of methoxy groups -OCH3 is 1. The monoisotopic (exact) mass is 238 g/mol. The molecule has 0 aliphatic carbocycles. The van der Waals surface area contributed by atoms with Crippen LogP contribution in [-0.4, -0.2) is 57.3 Å². The van der Waals surface area contributed by atoms with Gasteiger partial charge in [-0.3, -0.25) is 0 Å². The number of aliphatic hydroxyl groups excluding tert-OH is 1. The van der Waals surface area contributed by atoms with Crippen LogP contribution in [0.15, 0.2) is 0 Å². The van der Waals surface area contributed by atoms with Crippen LogP contribution in [0.5, 0.6) is 0 Å². The number of hydrogen-bond acceptors (Lipinski definition) is 4. The molecule has 0 amide bonds. The van der Waals surface area contributed by atoms with Crippen LogP contribution in [0.2, 0.25) is 0 Å². The predicted molar refractivity (Wildman–Crippen MR) is 55.6 cm³/mol. The van der Waals surface area contributed by atoms with Crippen LogP contribution in [0, 0.1) is 0 Å². The first-order chi connectivity index (χ1) is 7.11. The van der Waals surface area contributed by atoms with Crippen LogP contribution in [0.3, 0.4) is 0 Å². The smallest absolute Gasteiger partial charge is 0.279 e. The van der Waals surface area contributed by atoms with Gasteiger partial charge < -0.3 is 9.84 Å². The van der Waals surface area contributed by atoms with Gasteiger partial charge >= 0.3 is 0 Å². The van der Waals surface area contributed by atoms with Crippen molar-refractivity contribution in [2.45, 2.75) is 18.9 Å². The number of nitrogens with one attached hydrogen (secondary N) is 1. The third-order valence-corrected chi connectivity index (χ3v) is 4.10. The second-order valence-electron chi connectivity index (χ2n) is 3.48. The summed E-state index contributed by atoms with van der Waals surface area (Å²) in [6.07, 6.45) is 1.53. The summed E-state index contributed by atoms with van der Waals surface area (Å²) in [4.78, 5) is 0. The first-order valence-corrected chi connectivity index (χ1v) is 6.42. The predicted octanol–water partition coefficient (Wildman–Crippen LogP) is -1.08. The zero-order valence-electron chi connectivity index (χ0n) is 8.85. The average molecular weight is 238 g/mol. The standard InChI is InChI=1S/C8H18N2O4S/c1-14-6-4-9-15(12,13)10-5-2-3-8(10)7-11/h8-9,11H,2-7H2,1H3. The van der Waals surface area contributed by atoms with Crippen molar-refractivity contribution >= 4 is 10.2 Å². The third-order valence-electron chi connectivity index (χ3n) is 2.43. The van der Waals surface area contributed by atoms with Gasteiger partial charge in [-0.15, -0.1) is 0 Å². The van der Waals surface area contributed by atoms with Gasteiger partial charge in [0.1, 0.15) is 0 Å². The molecule has 90 valence electrons. The molecule has 1 fully saturated rings. The van der Waals surface area contributed by atoms with Crippen molar-refractivity contribution in [3.8, 4) is 0 Å². The van der Waals surface area contributed by atoms with Crippen molar-refractivity contribution < 1.29 is 18.3 Å². The van der Waals surface area contributed by atoms with E-state index in [-0.39, 0.29) is 19.2 Å². The summed E-state index contributed by atoms with van der Waals surface area (Å²) in [5, 5.41) is 9.01. The lowest BCUT2D eigenvalue weighted by atomic mass is 10.2. The summed E-state index contributed by atoms with van der Waals surface area (Å²) in [7, 11) is -1.94. The van der Waals surface area contributed by atoms with E-state index >= 15 is 0 Å². The van der Waals surface area contributed by atoms with Gasteiger partial charge in [-0.25, -0.2) is 0 Å². The van der Waals surface area contributed by atoms with Crippen molar-refractivity contribution in [2.24, 2.45) is 0 Å². The van der Waals surface area contributed by atoms with Crippen LogP contribution in [-0.2, 0) is 14.9 Å². The average Bonchev–Trinajstić information content (AvgIpc) is 2.66. The van der Waals surface area contributed by atoms with E-state index < -0.39 is 10.2 Å². The quantitative estimate of drug-likeness (QED) is 0.577. The molecule has 0 aromatic heterocycles. The van der Waals surface area contributed by atoms with Crippen LogP contribution in [0.4, 0.5) is 0 Å². The Bertz CT molecular complexity index is 280. The summed E-state index contributed by atoms with van der Waals surface area (Å²) in [5.74, 6) is 0. The van der Waals surface area contributed by atoms with Crippen molar-refractivity contribution in [2.75, 3.05) is 33.4 Å². The molecule has 6 nitrogen and oxygen atoms in total. The Labute approximate surface area is 90.4 Å². The highest BCUT2D eigenvalue weighted by Gasteiger charge is 2.33. The fourth-order valence-corrected chi connectivity index (χ4v) is 3.10. The second-order valence-corrected chi connectivity index (χ2v) is 5.19. The van der Waals surface area contributed by atoms with Crippen LogP contribution in [0.1, 0.15) is 12.8 Å². The minimum Gasteiger partial charge on any atom is -0.395 e. The molecule has 7 heteroatoms. The van der Waals surface area contributed by atoms with E-state index in [1.807, 2.05) is 0 Å². The highest BCUT2D eigenvalue weighted by Crippen LogP contribution is 2.19. The largest absolute Gasteiger partial charge is 0.395 e. The minimum atomic E-state index is -3.45. The van der Waals surface area contributed by atoms with Gasteiger partial charge in [-0.2, -0.15) is 17.4 Å². The summed E-state index contributed by atoms with van der Waals surface area (Å²) >= 11 is 0. The number of hydrogen-bond donors (Lipinski definition) is 2. The summed E-state index contributed by atoms with van der Waals surface area (Å²) in [6, 6.07) is -0.273. The molecule has 1 unspecified atom stereocenters. The molecule has 0 saturated carbocycles. The van der Waals surface area contributed by atoms with E-state index in [4.69, 9.17) is 9.84 Å². The first-order valence-electron chi connectivity index (χ1n) is 4.98. The fourth-order valence-electron chi connectivity index (χ4n) is 1.66. The Morgan fingerprint density at radius 1 is 1.60 bits per heavy atom. The number of rotatable bonds is 6. The molecular formula is C8H18N2O4S. The van der Waals surface area contributed by atoms with Gasteiger partial charge in [0.2, 0.25) is 0 Å². The van der Waals surface area contributed by atoms with Gasteiger partial charge in [0.15, 0.2) is 0 Å². The first kappa shape index (κ1) is 12.9. The van der Waals surface area contributed by atoms with Gasteiger partial charge in [0.05, 0.1) is 13.2 Å². The molecule has 1 saturated heterocycles. The lowest BCUT2D eigenvalue weighted by molar-refractivity contribution is 0.199. The summed E-state index contributed by atoms with van der Waals surface area (Å²) < 4.78 is 32.0. The molecule has 1 aliphatic heterocycles. The second kappa shape index (κ2) is 5.76. The summed E-state index contributed by atoms with van der Waals surface area (Å²) in [5.41, 5.74) is 0. The van der Waals surface area contributed by atoms with Gasteiger partial charge in [-0.1, -0.05) is 0 Å². The SMILES string of the molecule is COCCNS(=O)(=O)N1CCCC1CO. The van der Waals surface area contributed by atoms with E-state index in [1.165, 1.54) is 11.4 Å². The molecule has 1 atom stereocenters. The Morgan fingerprint density at radius 2 is 2.33 bits per heavy atom. The van der Waals surface area contributed by atoms with Crippen LogP contribution < -0.4 is 4.72 Å². The highest BCUT2D eigenvalue weighted by atomic mass is 32.2. The van der Waals surface area contributed by atoms with Crippen LogP contribution >= 0.6 is 0 Å². The zero-order valence-corrected chi connectivity index (χ0v) is 9.66. The Morgan fingerprint density at radius 3 is 2.93 bits per heavy atom. The molecule has 0 aromatic carbocycles. The van der Waals surface area contributed by atoms with E-state index in [0.717, 1.165) is 12.8 Å². The van der Waals surface area contributed by atoms with Gasteiger partial charge in [0.25, 0.3) is 10.2 Å². The van der Waals surface area contributed by atoms with Crippen molar-refractivity contribution in [3.05, 3.63) is 0 Å². The van der Waals surface area contributed by atoms with Crippen molar-refractivity contribution in [1.82, 2.24) is 9.03 Å². The van der Waals surface area contributed by atoms with Gasteiger partial charge in [-0.05, 0) is 12.8 Å². The molecule has 0 aromatic rings. The van der Waals surface area contributed by atoms with E-state index in [2.05, 4.69) is 4.72 Å². The van der Waals surface area contributed by atoms with Crippen molar-refractivity contribution in [3.63, 3.8) is 0 Å². The number of ether oxygens (including phenoxy) is 1. The molecule has 0 bridgehead atoms. The fraction of sp³-hybridized carbons (Fsp3) is 1.00. The number of aliphatic hydroxyl groups is 1. The van der Waals surface area contributed by atoms with E-state index in [0.29, 0.717) is 13.2 Å². The molecule has 15 heavy (non-hydrogen) atoms. The normalized spacial score (nSPS) is 23.5. The Kier molecular flexibility index (Phi) is 4.94. The molecule has 0 radical (unpaired) electrons. The van der Waals surface area contributed by atoms with E-state index in [1.54, 1.807) is 0 Å². The maximum absolute atomic E-state index is 11.7. The maximum atomic E-state index is 11.7. The van der Waals surface area contributed by atoms with E-state index in [9.17, 15) is 8.42 Å². The third kappa shape index (κ3) is 3.39. The molecule has 1 aliphatic rings. The highest BCUT2D eigenvalue weighted by molar-refractivity contribution is 7.87. The lowest BCUT2D eigenvalue weighted by Gasteiger charge is -2.22. The summed E-state index contributed by atoms with van der Waals surface area (Å²) in [6.45, 7) is 0.961. The molecule has 1 heterocycles. The van der Waals surface area contributed by atoms with Gasteiger partial charge in [0, 0.05) is 26.2 Å². The number of nitrogens with zero attached hydrogens (tertiary/aromatic N) is 1. The molecular weight excluding hydrogens is 220 g/mol. The molecule has 2 N–H and O–H groups in total.